The Morgan fingerprint density at radius 3 is 2.21 bits per heavy atom. The lowest BCUT2D eigenvalue weighted by Gasteiger charge is -2.31. The van der Waals surface area contributed by atoms with Crippen LogP contribution in [0.2, 0.25) is 0 Å². The lowest BCUT2D eigenvalue weighted by atomic mass is 10.1. The Bertz CT molecular complexity index is 965. The number of benzene rings is 3. The second kappa shape index (κ2) is 8.93. The van der Waals surface area contributed by atoms with E-state index in [4.69, 9.17) is 4.74 Å². The number of ether oxygens (including phenoxy) is 1. The predicted octanol–water partition coefficient (Wildman–Crippen LogP) is 4.81. The molecule has 3 aromatic carbocycles. The number of carbonyl (C=O) groups is 1. The van der Waals surface area contributed by atoms with Gasteiger partial charge in [-0.25, -0.2) is 0 Å². The Balaban J connectivity index is 1.77. The van der Waals surface area contributed by atoms with Crippen molar-refractivity contribution in [3.8, 4) is 0 Å². The largest absolute Gasteiger partial charge is 0.378 e. The van der Waals surface area contributed by atoms with Crippen molar-refractivity contribution in [2.24, 2.45) is 0 Å². The molecular formula is C25H26N2O2. The molecule has 1 saturated heterocycles. The van der Waals surface area contributed by atoms with Crippen LogP contribution in [0.1, 0.15) is 21.5 Å². The number of anilines is 2. The molecule has 1 aliphatic rings. The molecule has 0 saturated carbocycles. The van der Waals surface area contributed by atoms with E-state index in [1.165, 1.54) is 11.1 Å². The van der Waals surface area contributed by atoms with Gasteiger partial charge in [-0.3, -0.25) is 4.79 Å². The third-order valence-electron chi connectivity index (χ3n) is 5.31. The van der Waals surface area contributed by atoms with E-state index in [1.807, 2.05) is 47.4 Å². The molecule has 3 aromatic rings. The van der Waals surface area contributed by atoms with Crippen LogP contribution in [-0.4, -0.2) is 37.1 Å². The van der Waals surface area contributed by atoms with Crippen LogP contribution in [0, 0.1) is 6.92 Å². The van der Waals surface area contributed by atoms with Gasteiger partial charge in [-0.15, -0.1) is 0 Å². The van der Waals surface area contributed by atoms with E-state index in [2.05, 4.69) is 48.2 Å². The summed E-state index contributed by atoms with van der Waals surface area (Å²) in [5.74, 6) is 0.0653. The van der Waals surface area contributed by atoms with E-state index in [-0.39, 0.29) is 5.91 Å². The van der Waals surface area contributed by atoms with Gasteiger partial charge in [0.1, 0.15) is 0 Å². The van der Waals surface area contributed by atoms with Gasteiger partial charge in [0.25, 0.3) is 5.91 Å². The van der Waals surface area contributed by atoms with Crippen LogP contribution in [0.3, 0.4) is 0 Å². The smallest absolute Gasteiger partial charge is 0.256 e. The number of aryl methyl sites for hydroxylation is 1. The number of rotatable bonds is 5. The number of nitrogens with zero attached hydrogens (tertiary/aromatic N) is 2. The van der Waals surface area contributed by atoms with Gasteiger partial charge < -0.3 is 14.5 Å². The van der Waals surface area contributed by atoms with E-state index < -0.39 is 0 Å². The number of para-hydroxylation sites is 2. The molecule has 0 aromatic heterocycles. The van der Waals surface area contributed by atoms with Crippen LogP contribution in [0.5, 0.6) is 0 Å². The highest BCUT2D eigenvalue weighted by molar-refractivity contribution is 6.00. The minimum absolute atomic E-state index is 0.0653. The Kier molecular flexibility index (Phi) is 5.92. The molecule has 1 amide bonds. The maximum absolute atomic E-state index is 13.3. The summed E-state index contributed by atoms with van der Waals surface area (Å²) in [4.78, 5) is 17.5. The van der Waals surface area contributed by atoms with E-state index in [0.717, 1.165) is 16.9 Å². The van der Waals surface area contributed by atoms with Crippen LogP contribution >= 0.6 is 0 Å². The van der Waals surface area contributed by atoms with Crippen molar-refractivity contribution >= 4 is 17.3 Å². The van der Waals surface area contributed by atoms with Gasteiger partial charge >= 0.3 is 0 Å². The lowest BCUT2D eigenvalue weighted by Crippen LogP contribution is -2.41. The normalized spacial score (nSPS) is 13.9. The van der Waals surface area contributed by atoms with Crippen molar-refractivity contribution in [3.05, 3.63) is 95.6 Å². The zero-order valence-corrected chi connectivity index (χ0v) is 16.8. The summed E-state index contributed by atoms with van der Waals surface area (Å²) in [6.45, 7) is 5.27. The van der Waals surface area contributed by atoms with Crippen molar-refractivity contribution < 1.29 is 9.53 Å². The van der Waals surface area contributed by atoms with E-state index in [9.17, 15) is 4.79 Å². The fraction of sp³-hybridized carbons (Fsp3) is 0.240. The highest BCUT2D eigenvalue weighted by atomic mass is 16.5. The lowest BCUT2D eigenvalue weighted by molar-refractivity contribution is 0.0303. The summed E-state index contributed by atoms with van der Waals surface area (Å²) in [5.41, 5.74) is 5.15. The molecule has 1 heterocycles. The maximum Gasteiger partial charge on any atom is 0.256 e. The summed E-state index contributed by atoms with van der Waals surface area (Å²) in [7, 11) is 0. The Morgan fingerprint density at radius 1 is 0.862 bits per heavy atom. The standard InChI is InChI=1S/C25H26N2O2/c1-20-9-5-7-13-23(20)27(19-21-10-3-2-4-11-21)24-14-8-6-12-22(24)25(28)26-15-17-29-18-16-26/h2-14H,15-19H2,1H3. The van der Waals surface area contributed by atoms with E-state index >= 15 is 0 Å². The average molecular weight is 386 g/mol. The summed E-state index contributed by atoms with van der Waals surface area (Å²) >= 11 is 0. The molecule has 0 unspecified atom stereocenters. The van der Waals surface area contributed by atoms with Gasteiger partial charge in [0.2, 0.25) is 0 Å². The predicted molar refractivity (Wildman–Crippen MR) is 117 cm³/mol. The van der Waals surface area contributed by atoms with Crippen molar-refractivity contribution in [1.29, 1.82) is 0 Å². The molecule has 0 radical (unpaired) electrons. The molecule has 0 N–H and O–H groups in total. The minimum atomic E-state index is 0.0653. The second-order valence-electron chi connectivity index (χ2n) is 7.28. The Hall–Kier alpha value is -3.11. The molecule has 1 aliphatic heterocycles. The molecule has 1 fully saturated rings. The summed E-state index contributed by atoms with van der Waals surface area (Å²) in [6.07, 6.45) is 0. The quantitative estimate of drug-likeness (QED) is 0.631. The van der Waals surface area contributed by atoms with Crippen LogP contribution in [0.25, 0.3) is 0 Å². The topological polar surface area (TPSA) is 32.8 Å². The summed E-state index contributed by atoms with van der Waals surface area (Å²) in [5, 5.41) is 0. The third kappa shape index (κ3) is 4.33. The maximum atomic E-state index is 13.3. The first-order valence-corrected chi connectivity index (χ1v) is 10.1. The molecule has 0 atom stereocenters. The average Bonchev–Trinajstić information content (AvgIpc) is 2.79. The zero-order chi connectivity index (χ0) is 20.1. The number of morpholine rings is 1. The van der Waals surface area contributed by atoms with Crippen LogP contribution in [-0.2, 0) is 11.3 Å². The molecule has 0 spiro atoms. The monoisotopic (exact) mass is 386 g/mol. The third-order valence-corrected chi connectivity index (χ3v) is 5.31. The van der Waals surface area contributed by atoms with Crippen LogP contribution < -0.4 is 4.90 Å². The number of hydrogen-bond acceptors (Lipinski definition) is 3. The van der Waals surface area contributed by atoms with Gasteiger partial charge in [-0.05, 0) is 36.2 Å². The molecule has 0 aliphatic carbocycles. The van der Waals surface area contributed by atoms with Gasteiger partial charge in [0.05, 0.1) is 24.5 Å². The van der Waals surface area contributed by atoms with Crippen molar-refractivity contribution in [2.75, 3.05) is 31.2 Å². The molecule has 4 rings (SSSR count). The molecular weight excluding hydrogens is 360 g/mol. The Labute approximate surface area is 172 Å². The van der Waals surface area contributed by atoms with Crippen molar-refractivity contribution in [3.63, 3.8) is 0 Å². The van der Waals surface area contributed by atoms with Gasteiger partial charge in [0, 0.05) is 25.3 Å². The van der Waals surface area contributed by atoms with Gasteiger partial charge in [0.15, 0.2) is 0 Å². The highest BCUT2D eigenvalue weighted by Crippen LogP contribution is 2.33. The SMILES string of the molecule is Cc1ccccc1N(Cc1ccccc1)c1ccccc1C(=O)N1CCOCC1. The molecule has 4 heteroatoms. The fourth-order valence-corrected chi connectivity index (χ4v) is 3.76. The van der Waals surface area contributed by atoms with Crippen molar-refractivity contribution in [2.45, 2.75) is 13.5 Å². The zero-order valence-electron chi connectivity index (χ0n) is 16.8. The van der Waals surface area contributed by atoms with E-state index in [0.29, 0.717) is 32.8 Å². The molecule has 0 bridgehead atoms. The summed E-state index contributed by atoms with van der Waals surface area (Å²) < 4.78 is 5.42. The number of amides is 1. The molecule has 4 nitrogen and oxygen atoms in total. The van der Waals surface area contributed by atoms with Gasteiger partial charge in [-0.1, -0.05) is 60.7 Å². The number of hydrogen-bond donors (Lipinski definition) is 0. The fourth-order valence-electron chi connectivity index (χ4n) is 3.76. The van der Waals surface area contributed by atoms with Crippen molar-refractivity contribution in [1.82, 2.24) is 4.90 Å². The Morgan fingerprint density at radius 2 is 1.48 bits per heavy atom. The highest BCUT2D eigenvalue weighted by Gasteiger charge is 2.24. The van der Waals surface area contributed by atoms with Crippen LogP contribution in [0.15, 0.2) is 78.9 Å². The molecule has 148 valence electrons. The van der Waals surface area contributed by atoms with Gasteiger partial charge in [-0.2, -0.15) is 0 Å². The number of carbonyl (C=O) groups excluding carboxylic acids is 1. The molecule has 29 heavy (non-hydrogen) atoms. The van der Waals surface area contributed by atoms with E-state index in [1.54, 1.807) is 0 Å². The first-order chi connectivity index (χ1) is 14.2. The minimum Gasteiger partial charge on any atom is -0.378 e. The first kappa shape index (κ1) is 19.2. The second-order valence-corrected chi connectivity index (χ2v) is 7.28. The summed E-state index contributed by atoms with van der Waals surface area (Å²) in [6, 6.07) is 26.6. The first-order valence-electron chi connectivity index (χ1n) is 10.1. The van der Waals surface area contributed by atoms with Crippen LogP contribution in [0.4, 0.5) is 11.4 Å².